The summed E-state index contributed by atoms with van der Waals surface area (Å²) in [6.45, 7) is 4.11. The number of rotatable bonds is 3. The number of fused-ring (bicyclic) bond motifs is 2. The third-order valence-electron chi connectivity index (χ3n) is 5.85. The average molecular weight is 433 g/mol. The van der Waals surface area contributed by atoms with Crippen molar-refractivity contribution in [3.8, 4) is 0 Å². The molecule has 1 saturated heterocycles. The molecular formula is C20H21ClN4O3S. The smallest absolute Gasteiger partial charge is 0.237 e. The van der Waals surface area contributed by atoms with Crippen LogP contribution in [-0.4, -0.2) is 41.1 Å². The number of amides is 1. The van der Waals surface area contributed by atoms with Crippen LogP contribution in [0.3, 0.4) is 0 Å². The molecule has 2 aliphatic rings. The average Bonchev–Trinajstić information content (AvgIpc) is 3.08. The third kappa shape index (κ3) is 2.85. The zero-order chi connectivity index (χ0) is 20.6. The van der Waals surface area contributed by atoms with E-state index >= 15 is 0 Å². The predicted molar refractivity (Wildman–Crippen MR) is 115 cm³/mol. The van der Waals surface area contributed by atoms with Crippen LogP contribution in [0.4, 0.5) is 5.69 Å². The first-order valence-electron chi connectivity index (χ1n) is 9.34. The molecule has 0 aliphatic carbocycles. The van der Waals surface area contributed by atoms with Crippen molar-refractivity contribution in [2.24, 2.45) is 0 Å². The van der Waals surface area contributed by atoms with E-state index in [1.54, 1.807) is 29.4 Å². The van der Waals surface area contributed by atoms with Crippen molar-refractivity contribution in [1.82, 2.24) is 14.5 Å². The first kappa shape index (κ1) is 18.9. The van der Waals surface area contributed by atoms with Gasteiger partial charge in [0.1, 0.15) is 5.82 Å². The number of hydrogen-bond donors (Lipinski definition) is 2. The van der Waals surface area contributed by atoms with Crippen molar-refractivity contribution < 1.29 is 13.9 Å². The van der Waals surface area contributed by atoms with Crippen LogP contribution < -0.4 is 4.90 Å². The summed E-state index contributed by atoms with van der Waals surface area (Å²) in [5.74, 6) is 1.29. The molecule has 0 unspecified atom stereocenters. The number of benzene rings is 1. The minimum absolute atomic E-state index is 0.00460. The van der Waals surface area contributed by atoms with Gasteiger partial charge in [-0.2, -0.15) is 10.6 Å². The molecular weight excluding hydrogens is 412 g/mol. The first-order chi connectivity index (χ1) is 13.7. The van der Waals surface area contributed by atoms with Crippen molar-refractivity contribution in [1.29, 1.82) is 0 Å². The summed E-state index contributed by atoms with van der Waals surface area (Å²) in [6, 6.07) is 7.30. The van der Waals surface area contributed by atoms with Gasteiger partial charge in [-0.1, -0.05) is 11.6 Å². The fourth-order valence-corrected chi connectivity index (χ4v) is 5.95. The van der Waals surface area contributed by atoms with Gasteiger partial charge in [-0.15, -0.1) is 0 Å². The minimum atomic E-state index is -2.52. The maximum atomic E-state index is 13.2. The van der Waals surface area contributed by atoms with Crippen LogP contribution >= 0.6 is 22.2 Å². The number of hydrogen-bond acceptors (Lipinski definition) is 5. The van der Waals surface area contributed by atoms with Crippen LogP contribution in [-0.2, 0) is 16.8 Å². The summed E-state index contributed by atoms with van der Waals surface area (Å²) in [4.78, 5) is 23.9. The topological polar surface area (TPSA) is 91.5 Å². The van der Waals surface area contributed by atoms with Gasteiger partial charge >= 0.3 is 0 Å². The van der Waals surface area contributed by atoms with E-state index in [1.165, 1.54) is 0 Å². The number of anilines is 1. The molecule has 0 saturated carbocycles. The largest absolute Gasteiger partial charge is 0.320 e. The zero-order valence-electron chi connectivity index (χ0n) is 16.0. The molecule has 2 aromatic heterocycles. The Morgan fingerprint density at radius 1 is 1.28 bits per heavy atom. The van der Waals surface area contributed by atoms with Gasteiger partial charge in [-0.25, -0.2) is 4.98 Å². The number of imidazole rings is 1. The Kier molecular flexibility index (Phi) is 4.02. The third-order valence-corrected chi connectivity index (χ3v) is 7.92. The summed E-state index contributed by atoms with van der Waals surface area (Å²) in [5, 5.41) is 0.583. The highest BCUT2D eigenvalue weighted by atomic mass is 35.5. The van der Waals surface area contributed by atoms with Gasteiger partial charge in [0, 0.05) is 11.2 Å². The molecule has 0 bridgehead atoms. The lowest BCUT2D eigenvalue weighted by Gasteiger charge is -2.48. The lowest BCUT2D eigenvalue weighted by atomic mass is 9.87. The van der Waals surface area contributed by atoms with E-state index in [0.29, 0.717) is 22.4 Å². The van der Waals surface area contributed by atoms with Gasteiger partial charge in [0.05, 0.1) is 52.4 Å². The van der Waals surface area contributed by atoms with E-state index in [0.717, 1.165) is 22.3 Å². The highest BCUT2D eigenvalue weighted by Crippen LogP contribution is 2.55. The van der Waals surface area contributed by atoms with Crippen molar-refractivity contribution in [2.45, 2.75) is 31.8 Å². The van der Waals surface area contributed by atoms with Crippen LogP contribution in [0.15, 0.2) is 36.7 Å². The number of pyridine rings is 1. The van der Waals surface area contributed by atoms with E-state index in [-0.39, 0.29) is 18.5 Å². The number of halogens is 1. The van der Waals surface area contributed by atoms with Crippen LogP contribution in [0.25, 0.3) is 11.0 Å². The van der Waals surface area contributed by atoms with E-state index in [4.69, 9.17) is 16.6 Å². The Morgan fingerprint density at radius 3 is 2.76 bits per heavy atom. The fourth-order valence-electron chi connectivity index (χ4n) is 4.35. The van der Waals surface area contributed by atoms with Gasteiger partial charge in [0.25, 0.3) is 0 Å². The Hall–Kier alpha value is -2.13. The first-order valence-corrected chi connectivity index (χ1v) is 11.6. The molecule has 9 heteroatoms. The lowest BCUT2D eigenvalue weighted by Crippen LogP contribution is -2.39. The number of aromatic nitrogens is 3. The quantitative estimate of drug-likeness (QED) is 0.646. The SMILES string of the molecule is CC1(C)C(=O)N(Cc2nc3cc(Cl)ccc3n2C2CS(O)(O)C2)c2cnccc21. The standard InChI is InChI=1S/C20H21ClN4O3S/c1-20(2)14-5-6-22-8-17(14)24(19(20)26)9-18-23-15-7-12(21)3-4-16(15)25(18)13-10-29(27,28)11-13/h3-8,13,27-28H,9-11H2,1-2H3. The molecule has 1 fully saturated rings. The van der Waals surface area contributed by atoms with E-state index in [1.807, 2.05) is 30.5 Å². The highest BCUT2D eigenvalue weighted by molar-refractivity contribution is 8.25. The zero-order valence-corrected chi connectivity index (χ0v) is 17.6. The Balaban J connectivity index is 1.60. The lowest BCUT2D eigenvalue weighted by molar-refractivity contribution is -0.122. The van der Waals surface area contributed by atoms with E-state index in [2.05, 4.69) is 4.98 Å². The van der Waals surface area contributed by atoms with Gasteiger partial charge < -0.3 is 9.47 Å². The summed E-state index contributed by atoms with van der Waals surface area (Å²) >= 11 is 6.15. The molecule has 2 aliphatic heterocycles. The molecule has 1 amide bonds. The summed E-state index contributed by atoms with van der Waals surface area (Å²) in [7, 11) is -2.52. The molecule has 29 heavy (non-hydrogen) atoms. The van der Waals surface area contributed by atoms with Gasteiger partial charge in [-0.3, -0.25) is 18.9 Å². The van der Waals surface area contributed by atoms with Crippen LogP contribution in [0, 0.1) is 0 Å². The van der Waals surface area contributed by atoms with Crippen molar-refractivity contribution in [3.63, 3.8) is 0 Å². The summed E-state index contributed by atoms with van der Waals surface area (Å²) in [6.07, 6.45) is 3.42. The summed E-state index contributed by atoms with van der Waals surface area (Å²) in [5.41, 5.74) is 2.71. The highest BCUT2D eigenvalue weighted by Gasteiger charge is 2.45. The fraction of sp³-hybridized carbons (Fsp3) is 0.350. The van der Waals surface area contributed by atoms with Crippen molar-refractivity contribution in [3.05, 3.63) is 53.1 Å². The van der Waals surface area contributed by atoms with Crippen LogP contribution in [0.5, 0.6) is 0 Å². The molecule has 152 valence electrons. The Morgan fingerprint density at radius 2 is 2.03 bits per heavy atom. The molecule has 5 rings (SSSR count). The second-order valence-electron chi connectivity index (χ2n) is 8.23. The maximum absolute atomic E-state index is 13.2. The van der Waals surface area contributed by atoms with Gasteiger partial charge in [0.15, 0.2) is 0 Å². The molecule has 2 N–H and O–H groups in total. The van der Waals surface area contributed by atoms with Crippen LogP contribution in [0.2, 0.25) is 5.02 Å². The molecule has 0 atom stereocenters. The molecule has 0 radical (unpaired) electrons. The number of carbonyl (C=O) groups is 1. The normalized spacial score (nSPS) is 21.3. The maximum Gasteiger partial charge on any atom is 0.237 e. The van der Waals surface area contributed by atoms with E-state index < -0.39 is 16.0 Å². The Bertz CT molecular complexity index is 1150. The van der Waals surface area contributed by atoms with Crippen molar-refractivity contribution in [2.75, 3.05) is 16.4 Å². The van der Waals surface area contributed by atoms with Crippen LogP contribution in [0.1, 0.15) is 31.3 Å². The predicted octanol–water partition coefficient (Wildman–Crippen LogP) is 4.21. The second-order valence-corrected chi connectivity index (χ2v) is 10.9. The molecule has 7 nitrogen and oxygen atoms in total. The molecule has 0 spiro atoms. The monoisotopic (exact) mass is 432 g/mol. The van der Waals surface area contributed by atoms with E-state index in [9.17, 15) is 13.9 Å². The Labute approximate surface area is 174 Å². The number of carbonyl (C=O) groups excluding carboxylic acids is 1. The van der Waals surface area contributed by atoms with Gasteiger partial charge in [0.2, 0.25) is 5.91 Å². The molecule has 4 heterocycles. The molecule has 3 aromatic rings. The second kappa shape index (κ2) is 6.18. The molecule has 1 aromatic carbocycles. The van der Waals surface area contributed by atoms with Gasteiger partial charge in [-0.05, 0) is 43.7 Å². The summed E-state index contributed by atoms with van der Waals surface area (Å²) < 4.78 is 21.9. The minimum Gasteiger partial charge on any atom is -0.320 e. The van der Waals surface area contributed by atoms with Crippen molar-refractivity contribution >= 4 is 44.8 Å². The number of nitrogens with zero attached hydrogens (tertiary/aromatic N) is 4.